The van der Waals surface area contributed by atoms with E-state index in [1.165, 1.54) is 0 Å². The first-order chi connectivity index (χ1) is 11.2. The standard InChI is InChI=1S/C18H17N5/c1-12(2)23-11-14(10-21-23)15-5-7-20-18-16(15)8-17(22-18)13-4-3-6-19-9-13/h3-12H,1-2H3,(H,20,22). The molecule has 0 spiro atoms. The number of H-pyrrole nitrogens is 1. The first-order valence-electron chi connectivity index (χ1n) is 7.65. The van der Waals surface area contributed by atoms with Gasteiger partial charge in [0.2, 0.25) is 0 Å². The molecule has 4 rings (SSSR count). The van der Waals surface area contributed by atoms with Gasteiger partial charge in [-0.25, -0.2) is 4.98 Å². The normalized spacial score (nSPS) is 11.4. The Labute approximate surface area is 134 Å². The molecule has 0 unspecified atom stereocenters. The van der Waals surface area contributed by atoms with Crippen LogP contribution in [0.2, 0.25) is 0 Å². The lowest BCUT2D eigenvalue weighted by Gasteiger charge is -2.03. The molecule has 0 aliphatic heterocycles. The van der Waals surface area contributed by atoms with E-state index in [0.717, 1.165) is 33.4 Å². The monoisotopic (exact) mass is 303 g/mol. The smallest absolute Gasteiger partial charge is 0.138 e. The molecule has 0 aliphatic rings. The minimum Gasteiger partial charge on any atom is -0.339 e. The van der Waals surface area contributed by atoms with Crippen molar-refractivity contribution in [1.29, 1.82) is 0 Å². The number of aromatic amines is 1. The number of aromatic nitrogens is 5. The van der Waals surface area contributed by atoms with Crippen LogP contribution >= 0.6 is 0 Å². The molecule has 5 heteroatoms. The third-order valence-corrected chi connectivity index (χ3v) is 3.95. The average molecular weight is 303 g/mol. The van der Waals surface area contributed by atoms with Crippen LogP contribution in [0.3, 0.4) is 0 Å². The predicted molar refractivity (Wildman–Crippen MR) is 90.9 cm³/mol. The maximum absolute atomic E-state index is 4.45. The van der Waals surface area contributed by atoms with Crippen LogP contribution in [-0.2, 0) is 0 Å². The van der Waals surface area contributed by atoms with Gasteiger partial charge in [0.15, 0.2) is 0 Å². The molecule has 5 nitrogen and oxygen atoms in total. The van der Waals surface area contributed by atoms with E-state index < -0.39 is 0 Å². The molecule has 114 valence electrons. The van der Waals surface area contributed by atoms with Gasteiger partial charge >= 0.3 is 0 Å². The number of hydrogen-bond acceptors (Lipinski definition) is 3. The zero-order valence-corrected chi connectivity index (χ0v) is 13.1. The van der Waals surface area contributed by atoms with Crippen LogP contribution in [0.5, 0.6) is 0 Å². The van der Waals surface area contributed by atoms with Crippen LogP contribution in [-0.4, -0.2) is 24.7 Å². The Morgan fingerprint density at radius 2 is 2.00 bits per heavy atom. The Hall–Kier alpha value is -2.95. The Kier molecular flexibility index (Phi) is 3.19. The fourth-order valence-corrected chi connectivity index (χ4v) is 2.72. The third kappa shape index (κ3) is 2.40. The van der Waals surface area contributed by atoms with Crippen LogP contribution in [0.1, 0.15) is 19.9 Å². The van der Waals surface area contributed by atoms with E-state index in [4.69, 9.17) is 0 Å². The molecule has 0 amide bonds. The summed E-state index contributed by atoms with van der Waals surface area (Å²) < 4.78 is 1.97. The second-order valence-corrected chi connectivity index (χ2v) is 5.85. The van der Waals surface area contributed by atoms with Crippen molar-refractivity contribution in [2.24, 2.45) is 0 Å². The molecule has 0 fully saturated rings. The van der Waals surface area contributed by atoms with Crippen LogP contribution in [0, 0.1) is 0 Å². The number of pyridine rings is 2. The lowest BCUT2D eigenvalue weighted by atomic mass is 10.1. The van der Waals surface area contributed by atoms with E-state index in [9.17, 15) is 0 Å². The summed E-state index contributed by atoms with van der Waals surface area (Å²) >= 11 is 0. The first kappa shape index (κ1) is 13.7. The molecular formula is C18H17N5. The molecule has 0 aromatic carbocycles. The van der Waals surface area contributed by atoms with Gasteiger partial charge in [-0.1, -0.05) is 0 Å². The van der Waals surface area contributed by atoms with Gasteiger partial charge in [0.1, 0.15) is 5.65 Å². The average Bonchev–Trinajstić information content (AvgIpc) is 3.22. The summed E-state index contributed by atoms with van der Waals surface area (Å²) in [5, 5.41) is 5.53. The summed E-state index contributed by atoms with van der Waals surface area (Å²) in [6.07, 6.45) is 9.44. The van der Waals surface area contributed by atoms with Gasteiger partial charge in [-0.05, 0) is 43.7 Å². The number of hydrogen-bond donors (Lipinski definition) is 1. The van der Waals surface area contributed by atoms with Gasteiger partial charge < -0.3 is 4.98 Å². The molecule has 0 radical (unpaired) electrons. The predicted octanol–water partition coefficient (Wildman–Crippen LogP) is 4.07. The van der Waals surface area contributed by atoms with E-state index in [1.54, 1.807) is 6.20 Å². The Balaban J connectivity index is 1.86. The number of nitrogens with one attached hydrogen (secondary N) is 1. The van der Waals surface area contributed by atoms with E-state index in [1.807, 2.05) is 41.5 Å². The molecule has 0 saturated carbocycles. The quantitative estimate of drug-likeness (QED) is 0.620. The molecular weight excluding hydrogens is 286 g/mol. The van der Waals surface area contributed by atoms with Gasteiger partial charge in [-0.3, -0.25) is 9.67 Å². The molecule has 23 heavy (non-hydrogen) atoms. The van der Waals surface area contributed by atoms with Gasteiger partial charge in [0.25, 0.3) is 0 Å². The van der Waals surface area contributed by atoms with Gasteiger partial charge in [0, 0.05) is 53.0 Å². The molecule has 0 saturated heterocycles. The molecule has 1 N–H and O–H groups in total. The maximum atomic E-state index is 4.45. The zero-order chi connectivity index (χ0) is 15.8. The number of nitrogens with zero attached hydrogens (tertiary/aromatic N) is 4. The van der Waals surface area contributed by atoms with Crippen molar-refractivity contribution >= 4 is 11.0 Å². The Bertz CT molecular complexity index is 950. The summed E-state index contributed by atoms with van der Waals surface area (Å²) in [5.41, 5.74) is 5.17. The maximum Gasteiger partial charge on any atom is 0.138 e. The highest BCUT2D eigenvalue weighted by Crippen LogP contribution is 2.31. The minimum atomic E-state index is 0.346. The van der Waals surface area contributed by atoms with Crippen LogP contribution in [0.15, 0.2) is 55.2 Å². The second kappa shape index (κ2) is 5.35. The second-order valence-electron chi connectivity index (χ2n) is 5.85. The fraction of sp³-hybridized carbons (Fsp3) is 0.167. The third-order valence-electron chi connectivity index (χ3n) is 3.95. The van der Waals surface area contributed by atoms with E-state index >= 15 is 0 Å². The number of fused-ring (bicyclic) bond motifs is 1. The van der Waals surface area contributed by atoms with Crippen LogP contribution in [0.4, 0.5) is 0 Å². The fourth-order valence-electron chi connectivity index (χ4n) is 2.72. The minimum absolute atomic E-state index is 0.346. The summed E-state index contributed by atoms with van der Waals surface area (Å²) in [7, 11) is 0. The lowest BCUT2D eigenvalue weighted by Crippen LogP contribution is -1.99. The van der Waals surface area contributed by atoms with Crippen molar-refractivity contribution in [3.8, 4) is 22.4 Å². The number of rotatable bonds is 3. The summed E-state index contributed by atoms with van der Waals surface area (Å²) in [6.45, 7) is 4.24. The van der Waals surface area contributed by atoms with Crippen molar-refractivity contribution in [3.05, 3.63) is 55.2 Å². The van der Waals surface area contributed by atoms with E-state index in [0.29, 0.717) is 6.04 Å². The largest absolute Gasteiger partial charge is 0.339 e. The lowest BCUT2D eigenvalue weighted by molar-refractivity contribution is 0.532. The zero-order valence-electron chi connectivity index (χ0n) is 13.1. The van der Waals surface area contributed by atoms with Crippen molar-refractivity contribution in [1.82, 2.24) is 24.7 Å². The molecule has 4 heterocycles. The summed E-state index contributed by atoms with van der Waals surface area (Å²) in [5.74, 6) is 0. The van der Waals surface area contributed by atoms with Crippen LogP contribution in [0.25, 0.3) is 33.4 Å². The van der Waals surface area contributed by atoms with Crippen LogP contribution < -0.4 is 0 Å². The van der Waals surface area contributed by atoms with Crippen molar-refractivity contribution in [2.45, 2.75) is 19.9 Å². The van der Waals surface area contributed by atoms with Gasteiger partial charge in [-0.2, -0.15) is 5.10 Å². The molecule has 4 aromatic rings. The highest BCUT2D eigenvalue weighted by Gasteiger charge is 2.11. The highest BCUT2D eigenvalue weighted by molar-refractivity contribution is 5.95. The molecule has 0 bridgehead atoms. The van der Waals surface area contributed by atoms with E-state index in [2.05, 4.69) is 46.2 Å². The SMILES string of the molecule is CC(C)n1cc(-c2ccnc3[nH]c(-c4cccnc4)cc23)cn1. The summed E-state index contributed by atoms with van der Waals surface area (Å²) in [4.78, 5) is 12.0. The van der Waals surface area contributed by atoms with E-state index in [-0.39, 0.29) is 0 Å². The summed E-state index contributed by atoms with van der Waals surface area (Å²) in [6, 6.07) is 8.47. The molecule has 0 aliphatic carbocycles. The molecule has 0 atom stereocenters. The Morgan fingerprint density at radius 3 is 2.74 bits per heavy atom. The Morgan fingerprint density at radius 1 is 1.09 bits per heavy atom. The van der Waals surface area contributed by atoms with Gasteiger partial charge in [-0.15, -0.1) is 0 Å². The van der Waals surface area contributed by atoms with Crippen molar-refractivity contribution in [3.63, 3.8) is 0 Å². The molecule has 4 aromatic heterocycles. The first-order valence-corrected chi connectivity index (χ1v) is 7.65. The topological polar surface area (TPSA) is 59.4 Å². The highest BCUT2D eigenvalue weighted by atomic mass is 15.3. The van der Waals surface area contributed by atoms with Crippen molar-refractivity contribution < 1.29 is 0 Å². The van der Waals surface area contributed by atoms with Gasteiger partial charge in [0.05, 0.1) is 6.20 Å². The van der Waals surface area contributed by atoms with Crippen molar-refractivity contribution in [2.75, 3.05) is 0 Å².